The summed E-state index contributed by atoms with van der Waals surface area (Å²) in [7, 11) is 0. The highest BCUT2D eigenvalue weighted by atomic mass is 15.2. The summed E-state index contributed by atoms with van der Waals surface area (Å²) < 4.78 is 0. The summed E-state index contributed by atoms with van der Waals surface area (Å²) in [5, 5.41) is 12.3. The molecule has 0 aromatic rings. The topological polar surface area (TPSA) is 39.1 Å². The Kier molecular flexibility index (Phi) is 3.05. The first kappa shape index (κ1) is 9.95. The zero-order chi connectivity index (χ0) is 9.97. The smallest absolute Gasteiger partial charge is 0.0866 e. The molecule has 0 bridgehead atoms. The summed E-state index contributed by atoms with van der Waals surface area (Å²) in [6.07, 6.45) is 3.98. The number of piperidine rings is 1. The Morgan fingerprint density at radius 2 is 2.14 bits per heavy atom. The molecule has 0 amide bonds. The number of rotatable bonds is 3. The number of likely N-dealkylation sites (tertiary alicyclic amines) is 1. The minimum absolute atomic E-state index is 0.590. The molecular formula is C11H19N3. The number of nitriles is 1. The predicted octanol–water partition coefficient (Wildman–Crippen LogP) is 0.972. The average molecular weight is 193 g/mol. The quantitative estimate of drug-likeness (QED) is 0.679. The minimum atomic E-state index is 0.590. The predicted molar refractivity (Wildman–Crippen MR) is 55.8 cm³/mol. The Balaban J connectivity index is 1.81. The lowest BCUT2D eigenvalue weighted by molar-refractivity contribution is 0.164. The maximum atomic E-state index is 8.67. The molecule has 3 heteroatoms. The van der Waals surface area contributed by atoms with Crippen LogP contribution in [-0.4, -0.2) is 36.6 Å². The van der Waals surface area contributed by atoms with Crippen LogP contribution in [0, 0.1) is 17.2 Å². The van der Waals surface area contributed by atoms with E-state index in [1.54, 1.807) is 0 Å². The lowest BCUT2D eigenvalue weighted by Crippen LogP contribution is -2.49. The Bertz CT molecular complexity index is 227. The lowest BCUT2D eigenvalue weighted by Gasteiger charge is -2.35. The van der Waals surface area contributed by atoms with Crippen LogP contribution < -0.4 is 5.32 Å². The SMILES string of the molecule is CC1CC(NC2CC2)CN(CC#N)C1. The minimum Gasteiger partial charge on any atom is -0.310 e. The van der Waals surface area contributed by atoms with Crippen molar-refractivity contribution in [1.82, 2.24) is 10.2 Å². The van der Waals surface area contributed by atoms with Crippen molar-refractivity contribution < 1.29 is 0 Å². The monoisotopic (exact) mass is 193 g/mol. The van der Waals surface area contributed by atoms with E-state index in [1.807, 2.05) is 0 Å². The molecule has 1 saturated heterocycles. The Hall–Kier alpha value is -0.590. The van der Waals surface area contributed by atoms with Gasteiger partial charge in [0.1, 0.15) is 0 Å². The molecule has 1 N–H and O–H groups in total. The van der Waals surface area contributed by atoms with Gasteiger partial charge in [0.05, 0.1) is 12.6 Å². The molecule has 1 aliphatic heterocycles. The highest BCUT2D eigenvalue weighted by Gasteiger charge is 2.29. The van der Waals surface area contributed by atoms with E-state index in [0.717, 1.165) is 25.0 Å². The zero-order valence-corrected chi connectivity index (χ0v) is 8.87. The molecule has 0 radical (unpaired) electrons. The molecular weight excluding hydrogens is 174 g/mol. The molecule has 2 atom stereocenters. The van der Waals surface area contributed by atoms with Crippen LogP contribution in [0.4, 0.5) is 0 Å². The zero-order valence-electron chi connectivity index (χ0n) is 8.87. The van der Waals surface area contributed by atoms with Crippen molar-refractivity contribution in [3.63, 3.8) is 0 Å². The van der Waals surface area contributed by atoms with Gasteiger partial charge in [-0.3, -0.25) is 4.90 Å². The molecule has 3 nitrogen and oxygen atoms in total. The second kappa shape index (κ2) is 4.29. The van der Waals surface area contributed by atoms with Crippen molar-refractivity contribution in [3.05, 3.63) is 0 Å². The van der Waals surface area contributed by atoms with Crippen LogP contribution in [0.15, 0.2) is 0 Å². The van der Waals surface area contributed by atoms with Crippen LogP contribution in [0.1, 0.15) is 26.2 Å². The van der Waals surface area contributed by atoms with E-state index < -0.39 is 0 Å². The molecule has 2 aliphatic rings. The first-order valence-corrected chi connectivity index (χ1v) is 5.63. The molecule has 14 heavy (non-hydrogen) atoms. The molecule has 1 aliphatic carbocycles. The van der Waals surface area contributed by atoms with Crippen LogP contribution in [0.5, 0.6) is 0 Å². The standard InChI is InChI=1S/C11H19N3/c1-9-6-11(13-10-2-3-10)8-14(7-9)5-4-12/h9-11,13H,2-3,5-8H2,1H3. The second-order valence-corrected chi connectivity index (χ2v) is 4.83. The lowest BCUT2D eigenvalue weighted by atomic mass is 9.96. The second-order valence-electron chi connectivity index (χ2n) is 4.83. The van der Waals surface area contributed by atoms with Crippen LogP contribution in [0.2, 0.25) is 0 Å². The van der Waals surface area contributed by atoms with E-state index in [0.29, 0.717) is 12.6 Å². The van der Waals surface area contributed by atoms with Crippen molar-refractivity contribution in [2.24, 2.45) is 5.92 Å². The van der Waals surface area contributed by atoms with Gasteiger partial charge in [-0.2, -0.15) is 5.26 Å². The first-order valence-electron chi connectivity index (χ1n) is 5.63. The molecule has 0 aromatic carbocycles. The molecule has 78 valence electrons. The van der Waals surface area contributed by atoms with Gasteiger partial charge in [0.2, 0.25) is 0 Å². The summed E-state index contributed by atoms with van der Waals surface area (Å²) in [6, 6.07) is 3.66. The van der Waals surface area contributed by atoms with E-state index in [-0.39, 0.29) is 0 Å². The normalized spacial score (nSPS) is 34.0. The maximum absolute atomic E-state index is 8.67. The Morgan fingerprint density at radius 3 is 2.79 bits per heavy atom. The summed E-state index contributed by atoms with van der Waals surface area (Å²) in [6.45, 7) is 5.03. The molecule has 0 spiro atoms. The molecule has 2 rings (SSSR count). The third kappa shape index (κ3) is 2.70. The average Bonchev–Trinajstić information content (AvgIpc) is 2.87. The van der Waals surface area contributed by atoms with Crippen LogP contribution in [-0.2, 0) is 0 Å². The first-order chi connectivity index (χ1) is 6.78. The Labute approximate surface area is 86.1 Å². The van der Waals surface area contributed by atoms with E-state index in [4.69, 9.17) is 5.26 Å². The van der Waals surface area contributed by atoms with Gasteiger partial charge in [-0.15, -0.1) is 0 Å². The van der Waals surface area contributed by atoms with Gasteiger partial charge in [0.25, 0.3) is 0 Å². The largest absolute Gasteiger partial charge is 0.310 e. The number of nitrogens with zero attached hydrogens (tertiary/aromatic N) is 2. The van der Waals surface area contributed by atoms with Gasteiger partial charge in [0.15, 0.2) is 0 Å². The number of hydrogen-bond acceptors (Lipinski definition) is 3. The van der Waals surface area contributed by atoms with Crippen molar-refractivity contribution in [3.8, 4) is 6.07 Å². The summed E-state index contributed by atoms with van der Waals surface area (Å²) in [5.41, 5.74) is 0. The summed E-state index contributed by atoms with van der Waals surface area (Å²) in [5.74, 6) is 0.730. The van der Waals surface area contributed by atoms with Gasteiger partial charge < -0.3 is 5.32 Å². The third-order valence-electron chi connectivity index (χ3n) is 3.08. The molecule has 1 saturated carbocycles. The highest BCUT2D eigenvalue weighted by Crippen LogP contribution is 2.23. The van der Waals surface area contributed by atoms with Crippen molar-refractivity contribution >= 4 is 0 Å². The highest BCUT2D eigenvalue weighted by molar-refractivity contribution is 4.91. The molecule has 0 aromatic heterocycles. The van der Waals surface area contributed by atoms with Crippen LogP contribution in [0.3, 0.4) is 0 Å². The summed E-state index contributed by atoms with van der Waals surface area (Å²) >= 11 is 0. The van der Waals surface area contributed by atoms with Gasteiger partial charge in [-0.25, -0.2) is 0 Å². The Morgan fingerprint density at radius 1 is 1.36 bits per heavy atom. The van der Waals surface area contributed by atoms with Gasteiger partial charge >= 0.3 is 0 Å². The van der Waals surface area contributed by atoms with Crippen LogP contribution >= 0.6 is 0 Å². The van der Waals surface area contributed by atoms with Crippen molar-refractivity contribution in [1.29, 1.82) is 5.26 Å². The molecule has 2 fully saturated rings. The van der Waals surface area contributed by atoms with E-state index in [9.17, 15) is 0 Å². The fraction of sp³-hybridized carbons (Fsp3) is 0.909. The van der Waals surface area contributed by atoms with Gasteiger partial charge in [-0.05, 0) is 25.2 Å². The summed E-state index contributed by atoms with van der Waals surface area (Å²) in [4.78, 5) is 2.27. The van der Waals surface area contributed by atoms with Crippen LogP contribution in [0.25, 0.3) is 0 Å². The van der Waals surface area contributed by atoms with E-state index in [1.165, 1.54) is 19.3 Å². The molecule has 1 heterocycles. The van der Waals surface area contributed by atoms with E-state index >= 15 is 0 Å². The maximum Gasteiger partial charge on any atom is 0.0866 e. The fourth-order valence-electron chi connectivity index (χ4n) is 2.39. The van der Waals surface area contributed by atoms with E-state index in [2.05, 4.69) is 23.2 Å². The van der Waals surface area contributed by atoms with Gasteiger partial charge in [-0.1, -0.05) is 6.92 Å². The van der Waals surface area contributed by atoms with Gasteiger partial charge in [0, 0.05) is 25.2 Å². The molecule has 2 unspecified atom stereocenters. The van der Waals surface area contributed by atoms with Crippen molar-refractivity contribution in [2.75, 3.05) is 19.6 Å². The fourth-order valence-corrected chi connectivity index (χ4v) is 2.39. The number of nitrogens with one attached hydrogen (secondary N) is 1. The third-order valence-corrected chi connectivity index (χ3v) is 3.08. The van der Waals surface area contributed by atoms with Crippen molar-refractivity contribution in [2.45, 2.75) is 38.3 Å². The number of hydrogen-bond donors (Lipinski definition) is 1.